The van der Waals surface area contributed by atoms with Crippen molar-refractivity contribution < 1.29 is 31.9 Å². The van der Waals surface area contributed by atoms with Crippen LogP contribution in [-0.2, 0) is 17.5 Å². The van der Waals surface area contributed by atoms with Crippen molar-refractivity contribution in [2.45, 2.75) is 64.4 Å². The maximum Gasteiger partial charge on any atom is 0.419 e. The zero-order valence-electron chi connectivity index (χ0n) is 22.8. The molecule has 2 amide bonds. The van der Waals surface area contributed by atoms with Crippen LogP contribution in [0.25, 0.3) is 11.3 Å². The van der Waals surface area contributed by atoms with Crippen molar-refractivity contribution in [3.05, 3.63) is 53.1 Å². The number of halogens is 4. The van der Waals surface area contributed by atoms with E-state index >= 15 is 0 Å². The minimum atomic E-state index is -4.83. The predicted octanol–water partition coefficient (Wildman–Crippen LogP) is 4.60. The first-order valence-corrected chi connectivity index (χ1v) is 13.1. The number of primary amides is 1. The minimum Gasteiger partial charge on any atom is -0.444 e. The average molecular weight is 578 g/mol. The lowest BCUT2D eigenvalue weighted by Gasteiger charge is -2.45. The van der Waals surface area contributed by atoms with Gasteiger partial charge in [-0.2, -0.15) is 23.4 Å². The summed E-state index contributed by atoms with van der Waals surface area (Å²) in [6.07, 6.45) is -0.204. The maximum absolute atomic E-state index is 14.5. The number of anilines is 1. The van der Waals surface area contributed by atoms with E-state index in [0.717, 1.165) is 12.5 Å². The van der Waals surface area contributed by atoms with Gasteiger partial charge in [0.25, 0.3) is 5.91 Å². The monoisotopic (exact) mass is 577 g/mol. The van der Waals surface area contributed by atoms with Crippen LogP contribution in [0.4, 0.5) is 28.2 Å². The Morgan fingerprint density at radius 2 is 1.90 bits per heavy atom. The summed E-state index contributed by atoms with van der Waals surface area (Å²) in [7, 11) is 0. The molecule has 0 radical (unpaired) electrons. The molecule has 10 nitrogen and oxygen atoms in total. The fraction of sp³-hybridized carbons (Fsp3) is 0.481. The van der Waals surface area contributed by atoms with Gasteiger partial charge in [-0.3, -0.25) is 9.48 Å². The van der Waals surface area contributed by atoms with Crippen molar-refractivity contribution in [2.75, 3.05) is 18.8 Å². The van der Waals surface area contributed by atoms with Crippen LogP contribution < -0.4 is 11.5 Å². The van der Waals surface area contributed by atoms with E-state index in [-0.39, 0.29) is 46.7 Å². The number of carbonyl (C=O) groups excluding carboxylic acids is 2. The van der Waals surface area contributed by atoms with Gasteiger partial charge in [0.05, 0.1) is 24.3 Å². The first kappa shape index (κ1) is 28.4. The number of nitrogens with zero attached hydrogens (tertiary/aromatic N) is 5. The van der Waals surface area contributed by atoms with Gasteiger partial charge in [-0.15, -0.1) is 0 Å². The Kier molecular flexibility index (Phi) is 6.77. The lowest BCUT2D eigenvalue weighted by molar-refractivity contribution is -0.140. The van der Waals surface area contributed by atoms with Gasteiger partial charge in [0.1, 0.15) is 28.5 Å². The molecule has 4 N–H and O–H groups in total. The van der Waals surface area contributed by atoms with Crippen LogP contribution in [0.1, 0.15) is 67.6 Å². The molecule has 1 spiro atoms. The van der Waals surface area contributed by atoms with E-state index in [1.165, 1.54) is 23.1 Å². The molecule has 1 aromatic carbocycles. The Labute approximate surface area is 233 Å². The van der Waals surface area contributed by atoms with Gasteiger partial charge in [-0.25, -0.2) is 13.9 Å². The molecule has 1 saturated heterocycles. The normalized spacial score (nSPS) is 20.9. The van der Waals surface area contributed by atoms with Crippen molar-refractivity contribution in [3.8, 4) is 11.3 Å². The van der Waals surface area contributed by atoms with Crippen LogP contribution in [0.2, 0.25) is 0 Å². The molecule has 0 unspecified atom stereocenters. The largest absolute Gasteiger partial charge is 0.444 e. The molecule has 1 aliphatic heterocycles. The second kappa shape index (κ2) is 9.77. The number of hydrogen-bond acceptors (Lipinski definition) is 6. The van der Waals surface area contributed by atoms with Crippen molar-refractivity contribution >= 4 is 17.8 Å². The molecule has 14 heteroatoms. The quantitative estimate of drug-likeness (QED) is 0.426. The second-order valence-corrected chi connectivity index (χ2v) is 11.8. The third kappa shape index (κ3) is 5.46. The number of nitrogens with two attached hydrogens (primary N) is 2. The first-order chi connectivity index (χ1) is 19.1. The van der Waals surface area contributed by atoms with Crippen molar-refractivity contribution in [1.82, 2.24) is 24.5 Å². The third-order valence-corrected chi connectivity index (χ3v) is 7.59. The summed E-state index contributed by atoms with van der Waals surface area (Å²) in [5.74, 6) is -2.09. The number of ether oxygens (including phenoxy) is 1. The molecule has 3 aromatic rings. The van der Waals surface area contributed by atoms with E-state index in [1.807, 2.05) is 20.8 Å². The van der Waals surface area contributed by atoms with Gasteiger partial charge in [0.2, 0.25) is 0 Å². The highest BCUT2D eigenvalue weighted by Crippen LogP contribution is 2.55. The molecule has 2 aromatic heterocycles. The molecule has 0 atom stereocenters. The Balaban J connectivity index is 1.34. The molecule has 1 aliphatic carbocycles. The molecule has 41 heavy (non-hydrogen) atoms. The highest BCUT2D eigenvalue weighted by Gasteiger charge is 2.51. The predicted molar refractivity (Wildman–Crippen MR) is 140 cm³/mol. The molecule has 1 saturated carbocycles. The fourth-order valence-corrected chi connectivity index (χ4v) is 5.70. The molecular weight excluding hydrogens is 546 g/mol. The molecule has 2 fully saturated rings. The summed E-state index contributed by atoms with van der Waals surface area (Å²) >= 11 is 0. The summed E-state index contributed by atoms with van der Waals surface area (Å²) in [4.78, 5) is 26.6. The van der Waals surface area contributed by atoms with Gasteiger partial charge in [0.15, 0.2) is 0 Å². The summed E-state index contributed by atoms with van der Waals surface area (Å²) in [6.45, 7) is 6.30. The van der Waals surface area contributed by atoms with Crippen LogP contribution in [0.5, 0.6) is 0 Å². The number of hydrogen-bond donors (Lipinski definition) is 2. The molecule has 220 valence electrons. The Bertz CT molecular complexity index is 1500. The van der Waals surface area contributed by atoms with Gasteiger partial charge in [-0.05, 0) is 51.5 Å². The molecule has 0 bridgehead atoms. The van der Waals surface area contributed by atoms with E-state index in [2.05, 4.69) is 10.2 Å². The number of alkyl halides is 3. The SMILES string of the molecule is CC(C)(C)OC(=O)N1CC[C@]2(C1)C[C@H](n1nc(-c3cnn(Cc4cccc(C(F)(F)F)c4F)c3)c(C(N)=O)c1N)C2. The van der Waals surface area contributed by atoms with Crippen LogP contribution in [0, 0.1) is 11.2 Å². The minimum absolute atomic E-state index is 0.00227. The molecule has 3 heterocycles. The lowest BCUT2D eigenvalue weighted by Crippen LogP contribution is -2.43. The van der Waals surface area contributed by atoms with E-state index in [0.29, 0.717) is 37.6 Å². The van der Waals surface area contributed by atoms with Crippen LogP contribution in [0.3, 0.4) is 0 Å². The summed E-state index contributed by atoms with van der Waals surface area (Å²) in [5.41, 5.74) is 10.2. The van der Waals surface area contributed by atoms with Gasteiger partial charge < -0.3 is 21.1 Å². The van der Waals surface area contributed by atoms with E-state index < -0.39 is 29.1 Å². The van der Waals surface area contributed by atoms with E-state index in [9.17, 15) is 27.2 Å². The van der Waals surface area contributed by atoms with Gasteiger partial charge in [-0.1, -0.05) is 12.1 Å². The topological polar surface area (TPSA) is 134 Å². The fourth-order valence-electron chi connectivity index (χ4n) is 5.70. The number of benzene rings is 1. The standard InChI is InChI=1S/C27H31F4N7O3/c1-25(2,3)41-24(40)36-8-7-26(14-36)9-17(10-26)38-22(32)19(23(33)39)21(35-38)16-11-34-37(13-16)12-15-5-4-6-18(20(15)28)27(29,30)31/h4-6,11,13,17H,7-10,12,14,32H2,1-3H3,(H2,33,39)/t17-,26-. The number of aromatic nitrogens is 4. The number of likely N-dealkylation sites (tertiary alicyclic amines) is 1. The average Bonchev–Trinajstić information content (AvgIpc) is 3.54. The first-order valence-electron chi connectivity index (χ1n) is 13.1. The smallest absolute Gasteiger partial charge is 0.419 e. The van der Waals surface area contributed by atoms with Crippen molar-refractivity contribution in [2.24, 2.45) is 11.1 Å². The lowest BCUT2D eigenvalue weighted by atomic mass is 9.65. The zero-order valence-corrected chi connectivity index (χ0v) is 22.8. The number of nitrogen functional groups attached to an aromatic ring is 1. The Hall–Kier alpha value is -4.10. The number of rotatable bonds is 5. The summed E-state index contributed by atoms with van der Waals surface area (Å²) in [5, 5.41) is 8.70. The van der Waals surface area contributed by atoms with E-state index in [1.54, 1.807) is 9.58 Å². The molecular formula is C27H31F4N7O3. The second-order valence-electron chi connectivity index (χ2n) is 11.8. The molecule has 5 rings (SSSR count). The van der Waals surface area contributed by atoms with Crippen molar-refractivity contribution in [3.63, 3.8) is 0 Å². The maximum atomic E-state index is 14.5. The Morgan fingerprint density at radius 1 is 1.20 bits per heavy atom. The summed E-state index contributed by atoms with van der Waals surface area (Å²) in [6, 6.07) is 2.91. The van der Waals surface area contributed by atoms with Gasteiger partial charge >= 0.3 is 12.3 Å². The third-order valence-electron chi connectivity index (χ3n) is 7.59. The van der Waals surface area contributed by atoms with Crippen LogP contribution in [-0.4, -0.2) is 55.2 Å². The van der Waals surface area contributed by atoms with Crippen LogP contribution >= 0.6 is 0 Å². The van der Waals surface area contributed by atoms with E-state index in [4.69, 9.17) is 16.2 Å². The van der Waals surface area contributed by atoms with Gasteiger partial charge in [0, 0.05) is 30.4 Å². The van der Waals surface area contributed by atoms with Crippen LogP contribution in [0.15, 0.2) is 30.6 Å². The summed E-state index contributed by atoms with van der Waals surface area (Å²) < 4.78 is 62.2. The molecule has 2 aliphatic rings. The highest BCUT2D eigenvalue weighted by molar-refractivity contribution is 6.03. The highest BCUT2D eigenvalue weighted by atomic mass is 19.4. The number of carbonyl (C=O) groups is 2. The Morgan fingerprint density at radius 3 is 2.54 bits per heavy atom. The number of amides is 2. The van der Waals surface area contributed by atoms with Crippen molar-refractivity contribution in [1.29, 1.82) is 0 Å². The zero-order chi connectivity index (χ0) is 29.9.